The Morgan fingerprint density at radius 2 is 2.29 bits per heavy atom. The smallest absolute Gasteiger partial charge is 0.0632 e. The summed E-state index contributed by atoms with van der Waals surface area (Å²) < 4.78 is 2.85. The minimum absolute atomic E-state index is 0.129. The predicted molar refractivity (Wildman–Crippen MR) is 59.1 cm³/mol. The third-order valence-corrected chi connectivity index (χ3v) is 2.32. The van der Waals surface area contributed by atoms with Gasteiger partial charge < -0.3 is 10.4 Å². The maximum Gasteiger partial charge on any atom is 0.0632 e. The standard InChI is InChI=1S/C9H16BrN3O/c1-7(12-8(2)6-14)4-13-5-9(10)3-11-13/h3,5,7-8,12,14H,4,6H2,1-2H3. The van der Waals surface area contributed by atoms with Crippen molar-refractivity contribution in [2.75, 3.05) is 6.61 Å². The molecular formula is C9H16BrN3O. The van der Waals surface area contributed by atoms with Crippen LogP contribution in [0, 0.1) is 0 Å². The minimum atomic E-state index is 0.129. The number of hydrogen-bond acceptors (Lipinski definition) is 3. The Kier molecular flexibility index (Phi) is 4.57. The van der Waals surface area contributed by atoms with Crippen LogP contribution in [-0.2, 0) is 6.54 Å². The van der Waals surface area contributed by atoms with E-state index in [9.17, 15) is 0 Å². The molecule has 14 heavy (non-hydrogen) atoms. The summed E-state index contributed by atoms with van der Waals surface area (Å²) in [5, 5.41) is 16.3. The molecule has 1 aromatic rings. The first-order valence-corrected chi connectivity index (χ1v) is 5.46. The summed E-state index contributed by atoms with van der Waals surface area (Å²) in [6.07, 6.45) is 3.70. The van der Waals surface area contributed by atoms with E-state index in [-0.39, 0.29) is 12.6 Å². The quantitative estimate of drug-likeness (QED) is 0.832. The van der Waals surface area contributed by atoms with Crippen molar-refractivity contribution < 1.29 is 5.11 Å². The van der Waals surface area contributed by atoms with E-state index in [2.05, 4.69) is 33.3 Å². The van der Waals surface area contributed by atoms with Gasteiger partial charge in [0.25, 0.3) is 0 Å². The monoisotopic (exact) mass is 261 g/mol. The molecule has 2 N–H and O–H groups in total. The van der Waals surface area contributed by atoms with E-state index in [0.29, 0.717) is 6.04 Å². The molecule has 0 aliphatic heterocycles. The zero-order valence-electron chi connectivity index (χ0n) is 8.44. The normalized spacial score (nSPS) is 15.4. The van der Waals surface area contributed by atoms with Crippen molar-refractivity contribution in [1.29, 1.82) is 0 Å². The van der Waals surface area contributed by atoms with Crippen LogP contribution in [0.15, 0.2) is 16.9 Å². The number of hydrogen-bond donors (Lipinski definition) is 2. The topological polar surface area (TPSA) is 50.1 Å². The molecule has 1 heterocycles. The van der Waals surface area contributed by atoms with Gasteiger partial charge in [0.2, 0.25) is 0 Å². The third-order valence-electron chi connectivity index (χ3n) is 1.91. The van der Waals surface area contributed by atoms with Gasteiger partial charge in [0.15, 0.2) is 0 Å². The van der Waals surface area contributed by atoms with Gasteiger partial charge >= 0.3 is 0 Å². The highest BCUT2D eigenvalue weighted by Gasteiger charge is 2.07. The fourth-order valence-corrected chi connectivity index (χ4v) is 1.64. The second-order valence-electron chi connectivity index (χ2n) is 3.53. The van der Waals surface area contributed by atoms with Gasteiger partial charge in [-0.25, -0.2) is 0 Å². The summed E-state index contributed by atoms with van der Waals surface area (Å²) in [6, 6.07) is 0.424. The molecule has 0 radical (unpaired) electrons. The second-order valence-corrected chi connectivity index (χ2v) is 4.45. The molecule has 80 valence electrons. The summed E-state index contributed by atoms with van der Waals surface area (Å²) in [7, 11) is 0. The van der Waals surface area contributed by atoms with Crippen LogP contribution in [0.5, 0.6) is 0 Å². The molecule has 4 nitrogen and oxygen atoms in total. The van der Waals surface area contributed by atoms with E-state index in [1.165, 1.54) is 0 Å². The maximum absolute atomic E-state index is 8.86. The SMILES string of the molecule is CC(CO)NC(C)Cn1cc(Br)cn1. The van der Waals surface area contributed by atoms with E-state index >= 15 is 0 Å². The lowest BCUT2D eigenvalue weighted by Gasteiger charge is -2.17. The molecular weight excluding hydrogens is 246 g/mol. The average molecular weight is 262 g/mol. The fourth-order valence-electron chi connectivity index (χ4n) is 1.31. The molecule has 0 aliphatic carbocycles. The zero-order chi connectivity index (χ0) is 10.6. The molecule has 0 saturated carbocycles. The predicted octanol–water partition coefficient (Wildman–Crippen LogP) is 1.00. The van der Waals surface area contributed by atoms with Crippen molar-refractivity contribution in [2.24, 2.45) is 0 Å². The van der Waals surface area contributed by atoms with Crippen LogP contribution < -0.4 is 5.32 Å². The Labute approximate surface area is 92.4 Å². The number of aliphatic hydroxyl groups is 1. The van der Waals surface area contributed by atoms with Crippen LogP contribution in [0.2, 0.25) is 0 Å². The van der Waals surface area contributed by atoms with Crippen molar-refractivity contribution in [2.45, 2.75) is 32.5 Å². The van der Waals surface area contributed by atoms with Gasteiger partial charge in [-0.3, -0.25) is 4.68 Å². The largest absolute Gasteiger partial charge is 0.395 e. The molecule has 0 aromatic carbocycles. The summed E-state index contributed by atoms with van der Waals surface area (Å²) in [5.74, 6) is 0. The second kappa shape index (κ2) is 5.48. The number of nitrogens with one attached hydrogen (secondary N) is 1. The van der Waals surface area contributed by atoms with Crippen molar-refractivity contribution in [3.05, 3.63) is 16.9 Å². The Morgan fingerprint density at radius 1 is 1.57 bits per heavy atom. The number of aromatic nitrogens is 2. The summed E-state index contributed by atoms with van der Waals surface area (Å²) in [5.41, 5.74) is 0. The van der Waals surface area contributed by atoms with E-state index in [1.54, 1.807) is 6.20 Å². The van der Waals surface area contributed by atoms with Crippen LogP contribution >= 0.6 is 15.9 Å². The van der Waals surface area contributed by atoms with Gasteiger partial charge in [-0.05, 0) is 29.8 Å². The molecule has 0 fully saturated rings. The highest BCUT2D eigenvalue weighted by atomic mass is 79.9. The lowest BCUT2D eigenvalue weighted by atomic mass is 10.2. The van der Waals surface area contributed by atoms with Crippen LogP contribution in [0.4, 0.5) is 0 Å². The van der Waals surface area contributed by atoms with Gasteiger partial charge in [-0.2, -0.15) is 5.10 Å². The molecule has 0 saturated heterocycles. The maximum atomic E-state index is 8.86. The molecule has 5 heteroatoms. The number of nitrogens with zero attached hydrogens (tertiary/aromatic N) is 2. The Morgan fingerprint density at radius 3 is 2.79 bits per heavy atom. The van der Waals surface area contributed by atoms with E-state index in [1.807, 2.05) is 17.8 Å². The Hall–Kier alpha value is -0.390. The first-order valence-electron chi connectivity index (χ1n) is 4.66. The van der Waals surface area contributed by atoms with Crippen molar-refractivity contribution >= 4 is 15.9 Å². The van der Waals surface area contributed by atoms with Crippen molar-refractivity contribution in [3.63, 3.8) is 0 Å². The van der Waals surface area contributed by atoms with Gasteiger partial charge in [0.05, 0.1) is 23.8 Å². The lowest BCUT2D eigenvalue weighted by molar-refractivity contribution is 0.238. The summed E-state index contributed by atoms with van der Waals surface area (Å²) in [6.45, 7) is 4.99. The molecule has 2 atom stereocenters. The van der Waals surface area contributed by atoms with Gasteiger partial charge in [-0.1, -0.05) is 0 Å². The molecule has 0 aliphatic rings. The summed E-state index contributed by atoms with van der Waals surface area (Å²) >= 11 is 3.34. The first kappa shape index (κ1) is 11.7. The van der Waals surface area contributed by atoms with E-state index in [0.717, 1.165) is 11.0 Å². The minimum Gasteiger partial charge on any atom is -0.395 e. The van der Waals surface area contributed by atoms with Crippen molar-refractivity contribution in [3.8, 4) is 0 Å². The van der Waals surface area contributed by atoms with Crippen molar-refractivity contribution in [1.82, 2.24) is 15.1 Å². The van der Waals surface area contributed by atoms with E-state index < -0.39 is 0 Å². The molecule has 2 unspecified atom stereocenters. The molecule has 0 spiro atoms. The van der Waals surface area contributed by atoms with Gasteiger partial charge in [0, 0.05) is 18.3 Å². The lowest BCUT2D eigenvalue weighted by Crippen LogP contribution is -2.39. The number of aliphatic hydroxyl groups excluding tert-OH is 1. The van der Waals surface area contributed by atoms with Crippen LogP contribution in [-0.4, -0.2) is 33.6 Å². The van der Waals surface area contributed by atoms with Crippen LogP contribution in [0.1, 0.15) is 13.8 Å². The number of halogens is 1. The molecule has 1 rings (SSSR count). The van der Waals surface area contributed by atoms with Gasteiger partial charge in [-0.15, -0.1) is 0 Å². The molecule has 1 aromatic heterocycles. The van der Waals surface area contributed by atoms with Gasteiger partial charge in [0.1, 0.15) is 0 Å². The fraction of sp³-hybridized carbons (Fsp3) is 0.667. The van der Waals surface area contributed by atoms with Crippen LogP contribution in [0.25, 0.3) is 0 Å². The number of rotatable bonds is 5. The van der Waals surface area contributed by atoms with Crippen LogP contribution in [0.3, 0.4) is 0 Å². The molecule has 0 bridgehead atoms. The average Bonchev–Trinajstić information content (AvgIpc) is 2.50. The Balaban J connectivity index is 2.37. The third kappa shape index (κ3) is 3.77. The highest BCUT2D eigenvalue weighted by molar-refractivity contribution is 9.10. The zero-order valence-corrected chi connectivity index (χ0v) is 10.0. The summed E-state index contributed by atoms with van der Waals surface area (Å²) in [4.78, 5) is 0. The highest BCUT2D eigenvalue weighted by Crippen LogP contribution is 2.06. The first-order chi connectivity index (χ1) is 6.61. The molecule has 0 amide bonds. The van der Waals surface area contributed by atoms with E-state index in [4.69, 9.17) is 5.11 Å². The Bertz CT molecular complexity index is 277.